The van der Waals surface area contributed by atoms with Gasteiger partial charge in [0.05, 0.1) is 18.6 Å². The normalized spacial score (nSPS) is 27.5. The lowest BCUT2D eigenvalue weighted by atomic mass is 9.71. The van der Waals surface area contributed by atoms with E-state index < -0.39 is 12.5 Å². The summed E-state index contributed by atoms with van der Waals surface area (Å²) in [6, 6.07) is 15.8. The molecule has 3 aromatic rings. The Hall–Kier alpha value is -2.90. The number of benzene rings is 2. The van der Waals surface area contributed by atoms with Gasteiger partial charge in [-0.25, -0.2) is 0 Å². The van der Waals surface area contributed by atoms with Gasteiger partial charge in [0, 0.05) is 35.9 Å². The Bertz CT molecular complexity index is 1180. The molecule has 178 valence electrons. The predicted molar refractivity (Wildman–Crippen MR) is 124 cm³/mol. The molecule has 0 amide bonds. The van der Waals surface area contributed by atoms with Crippen molar-refractivity contribution < 1.29 is 27.5 Å². The van der Waals surface area contributed by atoms with Crippen molar-refractivity contribution >= 4 is 10.9 Å². The second-order valence-electron chi connectivity index (χ2n) is 9.59. The molecule has 5 atom stereocenters. The average molecular weight is 470 g/mol. The highest BCUT2D eigenvalue weighted by atomic mass is 19.4. The van der Waals surface area contributed by atoms with Gasteiger partial charge in [0.2, 0.25) is 0 Å². The van der Waals surface area contributed by atoms with Crippen LogP contribution in [0.15, 0.2) is 73.4 Å². The highest BCUT2D eigenvalue weighted by Crippen LogP contribution is 2.48. The Labute approximate surface area is 196 Å². The Balaban J connectivity index is 1.47. The Morgan fingerprint density at radius 1 is 1.15 bits per heavy atom. The van der Waals surface area contributed by atoms with Crippen LogP contribution in [-0.4, -0.2) is 40.1 Å². The van der Waals surface area contributed by atoms with E-state index in [1.807, 2.05) is 36.4 Å². The van der Waals surface area contributed by atoms with Gasteiger partial charge >= 0.3 is 6.36 Å². The van der Waals surface area contributed by atoms with Crippen molar-refractivity contribution in [3.8, 4) is 5.75 Å². The summed E-state index contributed by atoms with van der Waals surface area (Å²) in [7, 11) is 0. The molecular formula is C27H28F3N2O2+. The average Bonchev–Trinajstić information content (AvgIpc) is 2.83. The van der Waals surface area contributed by atoms with Gasteiger partial charge in [0.25, 0.3) is 0 Å². The minimum absolute atomic E-state index is 0.0214. The predicted octanol–water partition coefficient (Wildman–Crippen LogP) is 5.78. The van der Waals surface area contributed by atoms with Gasteiger partial charge in [-0.05, 0) is 47.9 Å². The summed E-state index contributed by atoms with van der Waals surface area (Å²) in [6.45, 7) is 6.46. The molecule has 4 nitrogen and oxygen atoms in total. The highest BCUT2D eigenvalue weighted by Gasteiger charge is 2.54. The lowest BCUT2D eigenvalue weighted by molar-refractivity contribution is -0.984. The molecule has 1 aromatic heterocycles. The van der Waals surface area contributed by atoms with Gasteiger partial charge in [-0.1, -0.05) is 24.3 Å². The lowest BCUT2D eigenvalue weighted by Crippen LogP contribution is -2.67. The third kappa shape index (κ3) is 4.30. The van der Waals surface area contributed by atoms with Crippen molar-refractivity contribution in [3.05, 3.63) is 84.6 Å². The van der Waals surface area contributed by atoms with Crippen molar-refractivity contribution in [3.63, 3.8) is 0 Å². The largest absolute Gasteiger partial charge is 0.573 e. The first-order valence-corrected chi connectivity index (χ1v) is 11.6. The van der Waals surface area contributed by atoms with Crippen LogP contribution in [0.4, 0.5) is 13.2 Å². The Morgan fingerprint density at radius 3 is 2.65 bits per heavy atom. The van der Waals surface area contributed by atoms with Crippen molar-refractivity contribution in [2.24, 2.45) is 11.8 Å². The number of halogens is 3. The topological polar surface area (TPSA) is 42.4 Å². The number of nitrogens with zero attached hydrogens (tertiary/aromatic N) is 2. The van der Waals surface area contributed by atoms with Gasteiger partial charge in [-0.3, -0.25) is 4.98 Å². The fraction of sp³-hybridized carbons (Fsp3) is 0.370. The first kappa shape index (κ1) is 22.9. The molecule has 3 fully saturated rings. The maximum Gasteiger partial charge on any atom is 0.573 e. The van der Waals surface area contributed by atoms with Crippen LogP contribution in [0.2, 0.25) is 0 Å². The van der Waals surface area contributed by atoms with Crippen LogP contribution in [0.1, 0.15) is 30.1 Å². The molecule has 3 aliphatic rings. The maximum absolute atomic E-state index is 12.6. The minimum Gasteiger partial charge on any atom is -0.406 e. The van der Waals surface area contributed by atoms with E-state index in [4.69, 9.17) is 0 Å². The number of hydrogen-bond acceptors (Lipinski definition) is 3. The van der Waals surface area contributed by atoms with Crippen molar-refractivity contribution in [2.45, 2.75) is 37.9 Å². The maximum atomic E-state index is 12.6. The van der Waals surface area contributed by atoms with E-state index in [0.29, 0.717) is 22.9 Å². The summed E-state index contributed by atoms with van der Waals surface area (Å²) in [5.74, 6) is 0.615. The van der Waals surface area contributed by atoms with E-state index in [9.17, 15) is 18.3 Å². The smallest absolute Gasteiger partial charge is 0.406 e. The summed E-state index contributed by atoms with van der Waals surface area (Å²) in [5.41, 5.74) is 2.66. The number of fused-ring (bicyclic) bond motifs is 4. The first-order chi connectivity index (χ1) is 16.3. The summed E-state index contributed by atoms with van der Waals surface area (Å²) in [4.78, 5) is 4.44. The molecule has 0 saturated carbocycles. The van der Waals surface area contributed by atoms with Crippen LogP contribution < -0.4 is 4.74 Å². The number of pyridine rings is 1. The fourth-order valence-electron chi connectivity index (χ4n) is 6.12. The number of piperidine rings is 3. The molecule has 0 radical (unpaired) electrons. The molecule has 7 heteroatoms. The summed E-state index contributed by atoms with van der Waals surface area (Å²) in [5, 5.41) is 12.7. The zero-order valence-corrected chi connectivity index (χ0v) is 18.8. The summed E-state index contributed by atoms with van der Waals surface area (Å²) < 4.78 is 42.4. The number of rotatable bonds is 6. The number of quaternary nitrogens is 1. The van der Waals surface area contributed by atoms with Gasteiger partial charge in [0.15, 0.2) is 0 Å². The number of aliphatic hydroxyl groups excluding tert-OH is 1. The number of aromatic nitrogens is 1. The van der Waals surface area contributed by atoms with Crippen LogP contribution in [0.5, 0.6) is 5.75 Å². The van der Waals surface area contributed by atoms with E-state index in [2.05, 4.69) is 16.3 Å². The zero-order valence-electron chi connectivity index (χ0n) is 18.8. The zero-order chi connectivity index (χ0) is 23.9. The quantitative estimate of drug-likeness (QED) is 0.368. The SMILES string of the molecule is C=C[C@H]1C[N@+]2(Cc3ccc(OC(F)(F)F)cc3)CC[C@H]1C[C@@H]2[C@@H](O)c1ccnc2ccccc12. The first-order valence-electron chi connectivity index (χ1n) is 11.6. The molecule has 6 rings (SSSR count). The standard InChI is InChI=1S/C27H28F3N2O2/c1-2-19-17-32(16-18-7-9-21(10-8-18)34-27(28,29)30)14-12-20(19)15-25(32)26(33)23-11-13-31-24-6-4-3-5-22(23)24/h2-11,13,19-20,25-26,33H,1,12,14-17H2/q+1/t19-,20-,25+,26-,32+/m0/s1. The van der Waals surface area contributed by atoms with Crippen LogP contribution in [-0.2, 0) is 6.54 Å². The summed E-state index contributed by atoms with van der Waals surface area (Å²) >= 11 is 0. The van der Waals surface area contributed by atoms with Crippen LogP contribution in [0, 0.1) is 11.8 Å². The number of alkyl halides is 3. The highest BCUT2D eigenvalue weighted by molar-refractivity contribution is 5.82. The van der Waals surface area contributed by atoms with Gasteiger partial charge in [0.1, 0.15) is 24.4 Å². The monoisotopic (exact) mass is 469 g/mol. The third-order valence-electron chi connectivity index (χ3n) is 7.70. The second kappa shape index (κ2) is 8.71. The Morgan fingerprint density at radius 2 is 1.91 bits per heavy atom. The number of ether oxygens (including phenoxy) is 1. The van der Waals surface area contributed by atoms with Crippen LogP contribution in [0.3, 0.4) is 0 Å². The second-order valence-corrected chi connectivity index (χ2v) is 9.59. The molecule has 4 heterocycles. The van der Waals surface area contributed by atoms with E-state index in [1.54, 1.807) is 18.3 Å². The number of para-hydroxylation sites is 1. The van der Waals surface area contributed by atoms with Gasteiger partial charge in [-0.15, -0.1) is 19.8 Å². The molecular weight excluding hydrogens is 441 g/mol. The Kier molecular flexibility index (Phi) is 5.86. The van der Waals surface area contributed by atoms with Gasteiger partial charge in [-0.2, -0.15) is 0 Å². The molecule has 0 aliphatic carbocycles. The van der Waals surface area contributed by atoms with Crippen LogP contribution in [0.25, 0.3) is 10.9 Å². The van der Waals surface area contributed by atoms with E-state index in [1.165, 1.54) is 12.1 Å². The van der Waals surface area contributed by atoms with Crippen molar-refractivity contribution in [1.29, 1.82) is 0 Å². The molecule has 34 heavy (non-hydrogen) atoms. The molecule has 2 aromatic carbocycles. The van der Waals surface area contributed by atoms with Crippen LogP contribution >= 0.6 is 0 Å². The van der Waals surface area contributed by atoms with E-state index in [0.717, 1.165) is 48.0 Å². The molecule has 0 unspecified atom stereocenters. The van der Waals surface area contributed by atoms with E-state index in [-0.39, 0.29) is 11.8 Å². The van der Waals surface area contributed by atoms with Crippen molar-refractivity contribution in [2.75, 3.05) is 13.1 Å². The molecule has 1 N–H and O–H groups in total. The fourth-order valence-corrected chi connectivity index (χ4v) is 6.12. The molecule has 3 aliphatic heterocycles. The van der Waals surface area contributed by atoms with Crippen molar-refractivity contribution in [1.82, 2.24) is 4.98 Å². The molecule has 2 bridgehead atoms. The lowest BCUT2D eigenvalue weighted by Gasteiger charge is -2.58. The number of aliphatic hydroxyl groups is 1. The van der Waals surface area contributed by atoms with Gasteiger partial charge < -0.3 is 14.3 Å². The third-order valence-corrected chi connectivity index (χ3v) is 7.70. The van der Waals surface area contributed by atoms with E-state index >= 15 is 0 Å². The molecule has 0 spiro atoms. The minimum atomic E-state index is -4.71. The number of hydrogen-bond donors (Lipinski definition) is 1. The molecule has 3 saturated heterocycles. The summed E-state index contributed by atoms with van der Waals surface area (Å²) in [6.07, 6.45) is 0.317.